The summed E-state index contributed by atoms with van der Waals surface area (Å²) in [5.41, 5.74) is 1.56. The van der Waals surface area contributed by atoms with Gasteiger partial charge in [-0.1, -0.05) is 29.8 Å². The largest absolute Gasteiger partial charge is 0.454 e. The zero-order chi connectivity index (χ0) is 19.0. The third-order valence-electron chi connectivity index (χ3n) is 4.89. The average molecular weight is 387 g/mol. The summed E-state index contributed by atoms with van der Waals surface area (Å²) in [6.07, 6.45) is 0.172. The molecule has 2 atom stereocenters. The number of amides is 2. The van der Waals surface area contributed by atoms with Crippen molar-refractivity contribution >= 4 is 29.1 Å². The summed E-state index contributed by atoms with van der Waals surface area (Å²) in [7, 11) is 0. The Morgan fingerprint density at radius 1 is 1.22 bits per heavy atom. The molecule has 0 bridgehead atoms. The van der Waals surface area contributed by atoms with Crippen LogP contribution in [0.5, 0.6) is 11.5 Å². The normalized spacial score (nSPS) is 19.3. The minimum atomic E-state index is -0.412. The summed E-state index contributed by atoms with van der Waals surface area (Å²) >= 11 is 6.19. The SMILES string of the molecule is CC(NC(=O)C1CC(=O)N(c2ccccc2Cl)C1)c1ccc2c(c1)OCO2. The van der Waals surface area contributed by atoms with Gasteiger partial charge in [-0.2, -0.15) is 0 Å². The molecule has 27 heavy (non-hydrogen) atoms. The maximum atomic E-state index is 12.7. The number of para-hydroxylation sites is 1. The van der Waals surface area contributed by atoms with Gasteiger partial charge in [0.2, 0.25) is 18.6 Å². The standard InChI is InChI=1S/C20H19ClN2O4/c1-12(13-6-7-17-18(8-13)27-11-26-17)22-20(25)14-9-19(24)23(10-14)16-5-3-2-4-15(16)21/h2-8,12,14H,9-11H2,1H3,(H,22,25). The number of halogens is 1. The lowest BCUT2D eigenvalue weighted by molar-refractivity contribution is -0.126. The third kappa shape index (κ3) is 3.45. The van der Waals surface area contributed by atoms with Crippen molar-refractivity contribution in [2.45, 2.75) is 19.4 Å². The Hall–Kier alpha value is -2.73. The number of nitrogens with zero attached hydrogens (tertiary/aromatic N) is 1. The van der Waals surface area contributed by atoms with Gasteiger partial charge in [-0.3, -0.25) is 9.59 Å². The molecule has 2 aliphatic rings. The summed E-state index contributed by atoms with van der Waals surface area (Å²) in [5, 5.41) is 3.49. The first-order valence-electron chi connectivity index (χ1n) is 8.78. The van der Waals surface area contributed by atoms with E-state index in [-0.39, 0.29) is 31.1 Å². The van der Waals surface area contributed by atoms with Gasteiger partial charge in [-0.05, 0) is 36.8 Å². The smallest absolute Gasteiger partial charge is 0.231 e. The maximum Gasteiger partial charge on any atom is 0.231 e. The van der Waals surface area contributed by atoms with E-state index in [4.69, 9.17) is 21.1 Å². The number of benzene rings is 2. The predicted molar refractivity (Wildman–Crippen MR) is 101 cm³/mol. The second kappa shape index (κ2) is 7.12. The molecule has 0 radical (unpaired) electrons. The molecule has 2 aromatic rings. The molecule has 2 aromatic carbocycles. The average Bonchev–Trinajstić information content (AvgIpc) is 3.28. The highest BCUT2D eigenvalue weighted by Gasteiger charge is 2.36. The molecular weight excluding hydrogens is 368 g/mol. The molecule has 0 saturated carbocycles. The molecule has 6 nitrogen and oxygen atoms in total. The lowest BCUT2D eigenvalue weighted by Crippen LogP contribution is -2.34. The summed E-state index contributed by atoms with van der Waals surface area (Å²) in [6, 6.07) is 12.5. The summed E-state index contributed by atoms with van der Waals surface area (Å²) in [4.78, 5) is 26.7. The Morgan fingerprint density at radius 2 is 2.00 bits per heavy atom. The molecule has 1 N–H and O–H groups in total. The zero-order valence-corrected chi connectivity index (χ0v) is 15.5. The van der Waals surface area contributed by atoms with E-state index in [9.17, 15) is 9.59 Å². The van der Waals surface area contributed by atoms with Gasteiger partial charge in [0.25, 0.3) is 0 Å². The van der Waals surface area contributed by atoms with Crippen molar-refractivity contribution in [3.05, 3.63) is 53.1 Å². The number of hydrogen-bond donors (Lipinski definition) is 1. The second-order valence-corrected chi connectivity index (χ2v) is 7.11. The van der Waals surface area contributed by atoms with Crippen molar-refractivity contribution in [3.63, 3.8) is 0 Å². The van der Waals surface area contributed by atoms with Crippen LogP contribution in [-0.2, 0) is 9.59 Å². The van der Waals surface area contributed by atoms with Crippen LogP contribution in [-0.4, -0.2) is 25.2 Å². The van der Waals surface area contributed by atoms with E-state index in [1.54, 1.807) is 17.0 Å². The highest BCUT2D eigenvalue weighted by Crippen LogP contribution is 2.35. The van der Waals surface area contributed by atoms with Crippen molar-refractivity contribution in [2.75, 3.05) is 18.2 Å². The lowest BCUT2D eigenvalue weighted by Gasteiger charge is -2.19. The van der Waals surface area contributed by atoms with E-state index < -0.39 is 5.92 Å². The van der Waals surface area contributed by atoms with Gasteiger partial charge in [0, 0.05) is 13.0 Å². The van der Waals surface area contributed by atoms with Crippen LogP contribution < -0.4 is 19.7 Å². The number of rotatable bonds is 4. The van der Waals surface area contributed by atoms with Gasteiger partial charge in [-0.15, -0.1) is 0 Å². The molecule has 1 saturated heterocycles. The number of carbonyl (C=O) groups is 2. The Kier molecular flexibility index (Phi) is 4.66. The zero-order valence-electron chi connectivity index (χ0n) is 14.8. The van der Waals surface area contributed by atoms with Crippen LogP contribution in [0.2, 0.25) is 5.02 Å². The Bertz CT molecular complexity index is 901. The lowest BCUT2D eigenvalue weighted by atomic mass is 10.0. The quantitative estimate of drug-likeness (QED) is 0.875. The van der Waals surface area contributed by atoms with Gasteiger partial charge in [0.1, 0.15) is 0 Å². The van der Waals surface area contributed by atoms with Crippen LogP contribution in [0, 0.1) is 5.92 Å². The van der Waals surface area contributed by atoms with E-state index in [1.165, 1.54) is 0 Å². The first-order chi connectivity index (χ1) is 13.0. The van der Waals surface area contributed by atoms with Crippen LogP contribution >= 0.6 is 11.6 Å². The van der Waals surface area contributed by atoms with Crippen LogP contribution in [0.1, 0.15) is 24.9 Å². The highest BCUT2D eigenvalue weighted by molar-refractivity contribution is 6.33. The van der Waals surface area contributed by atoms with Crippen molar-refractivity contribution in [1.29, 1.82) is 0 Å². The van der Waals surface area contributed by atoms with Crippen molar-refractivity contribution in [1.82, 2.24) is 5.32 Å². The molecule has 140 valence electrons. The van der Waals surface area contributed by atoms with Crippen LogP contribution in [0.4, 0.5) is 5.69 Å². The summed E-state index contributed by atoms with van der Waals surface area (Å²) < 4.78 is 10.7. The van der Waals surface area contributed by atoms with Crippen molar-refractivity contribution < 1.29 is 19.1 Å². The number of nitrogens with one attached hydrogen (secondary N) is 1. The van der Waals surface area contributed by atoms with E-state index in [0.717, 1.165) is 5.56 Å². The molecular formula is C20H19ClN2O4. The van der Waals surface area contributed by atoms with E-state index in [2.05, 4.69) is 5.32 Å². The molecule has 2 unspecified atom stereocenters. The third-order valence-corrected chi connectivity index (χ3v) is 5.21. The summed E-state index contributed by atoms with van der Waals surface area (Å²) in [5.74, 6) is 0.718. The number of fused-ring (bicyclic) bond motifs is 1. The van der Waals surface area contributed by atoms with Crippen molar-refractivity contribution in [3.8, 4) is 11.5 Å². The molecule has 2 heterocycles. The van der Waals surface area contributed by atoms with Crippen molar-refractivity contribution in [2.24, 2.45) is 5.92 Å². The minimum Gasteiger partial charge on any atom is -0.454 e. The van der Waals surface area contributed by atoms with E-state index in [1.807, 2.05) is 37.3 Å². The number of hydrogen-bond acceptors (Lipinski definition) is 4. The molecule has 4 rings (SSSR count). The molecule has 7 heteroatoms. The maximum absolute atomic E-state index is 12.7. The van der Waals surface area contributed by atoms with Gasteiger partial charge in [-0.25, -0.2) is 0 Å². The van der Waals surface area contributed by atoms with Gasteiger partial charge in [0.05, 0.1) is 22.7 Å². The predicted octanol–water partition coefficient (Wildman–Crippen LogP) is 3.30. The monoisotopic (exact) mass is 386 g/mol. The van der Waals surface area contributed by atoms with Gasteiger partial charge in [0.15, 0.2) is 11.5 Å². The fourth-order valence-electron chi connectivity index (χ4n) is 3.38. The fourth-order valence-corrected chi connectivity index (χ4v) is 3.62. The minimum absolute atomic E-state index is 0.0982. The van der Waals surface area contributed by atoms with Crippen LogP contribution in [0.15, 0.2) is 42.5 Å². The Morgan fingerprint density at radius 3 is 2.81 bits per heavy atom. The molecule has 0 aromatic heterocycles. The van der Waals surface area contributed by atoms with E-state index >= 15 is 0 Å². The Labute approximate surface area is 162 Å². The number of carbonyl (C=O) groups excluding carboxylic acids is 2. The summed E-state index contributed by atoms with van der Waals surface area (Å²) in [6.45, 7) is 2.43. The first-order valence-corrected chi connectivity index (χ1v) is 9.15. The van der Waals surface area contributed by atoms with Gasteiger partial charge < -0.3 is 19.7 Å². The second-order valence-electron chi connectivity index (χ2n) is 6.70. The number of ether oxygens (including phenoxy) is 2. The highest BCUT2D eigenvalue weighted by atomic mass is 35.5. The molecule has 1 fully saturated rings. The fraction of sp³-hybridized carbons (Fsp3) is 0.300. The molecule has 0 spiro atoms. The van der Waals surface area contributed by atoms with Crippen LogP contribution in [0.25, 0.3) is 0 Å². The molecule has 2 aliphatic heterocycles. The first kappa shape index (κ1) is 17.7. The number of anilines is 1. The van der Waals surface area contributed by atoms with E-state index in [0.29, 0.717) is 28.8 Å². The molecule has 0 aliphatic carbocycles. The van der Waals surface area contributed by atoms with Crippen LogP contribution in [0.3, 0.4) is 0 Å². The molecule has 2 amide bonds. The van der Waals surface area contributed by atoms with Gasteiger partial charge >= 0.3 is 0 Å². The Balaban J connectivity index is 1.43. The topological polar surface area (TPSA) is 67.9 Å².